The first-order valence-corrected chi connectivity index (χ1v) is 11.8. The van der Waals surface area contributed by atoms with E-state index in [4.69, 9.17) is 12.2 Å². The molecule has 3 N–H and O–H groups in total. The minimum Gasteiger partial charge on any atom is -0.331 e. The predicted octanol–water partition coefficient (Wildman–Crippen LogP) is 4.25. The van der Waals surface area contributed by atoms with Crippen molar-refractivity contribution < 1.29 is 4.79 Å². The molecule has 150 valence electrons. The zero-order valence-corrected chi connectivity index (χ0v) is 18.8. The molecule has 3 rings (SSSR count). The lowest BCUT2D eigenvalue weighted by atomic mass is 10.2. The summed E-state index contributed by atoms with van der Waals surface area (Å²) in [5.41, 5.74) is 8.53. The largest absolute Gasteiger partial charge is 0.331 e. The number of amides is 1. The number of benzene rings is 2. The van der Waals surface area contributed by atoms with Crippen LogP contribution in [0.25, 0.3) is 0 Å². The van der Waals surface area contributed by atoms with Crippen LogP contribution in [0.5, 0.6) is 0 Å². The van der Waals surface area contributed by atoms with Crippen LogP contribution in [-0.2, 0) is 10.5 Å². The number of hydrogen-bond acceptors (Lipinski definition) is 7. The molecule has 6 nitrogen and oxygen atoms in total. The number of aromatic nitrogens is 2. The van der Waals surface area contributed by atoms with E-state index in [1.165, 1.54) is 28.7 Å². The standard InChI is InChI=1S/C19H19N5OS4/c1-13-7-9-15(10-8-13)20-17(26)22-21-16(25)12-28-19-24-23-18(29-19)27-11-14-5-3-2-4-6-14/h2-10H,11-12H2,1H3,(H,21,25)(H2,20,22,26). The molecule has 1 heterocycles. The molecule has 0 aliphatic heterocycles. The number of hydrazine groups is 1. The molecule has 0 fully saturated rings. The maximum absolute atomic E-state index is 12.0. The van der Waals surface area contributed by atoms with Gasteiger partial charge in [0.15, 0.2) is 13.8 Å². The third-order valence-electron chi connectivity index (χ3n) is 3.54. The van der Waals surface area contributed by atoms with Crippen LogP contribution in [0.2, 0.25) is 0 Å². The average Bonchev–Trinajstić information content (AvgIpc) is 3.19. The Morgan fingerprint density at radius 3 is 2.41 bits per heavy atom. The van der Waals surface area contributed by atoms with Crippen LogP contribution in [0.4, 0.5) is 5.69 Å². The van der Waals surface area contributed by atoms with E-state index in [1.54, 1.807) is 11.8 Å². The smallest absolute Gasteiger partial charge is 0.248 e. The van der Waals surface area contributed by atoms with Crippen molar-refractivity contribution in [3.63, 3.8) is 0 Å². The highest BCUT2D eigenvalue weighted by molar-refractivity contribution is 8.03. The zero-order valence-electron chi connectivity index (χ0n) is 15.5. The van der Waals surface area contributed by atoms with E-state index in [1.807, 2.05) is 49.4 Å². The molecule has 0 bridgehead atoms. The summed E-state index contributed by atoms with van der Waals surface area (Å²) in [5, 5.41) is 11.6. The Balaban J connectivity index is 1.35. The van der Waals surface area contributed by atoms with Crippen molar-refractivity contribution in [1.82, 2.24) is 21.0 Å². The number of hydrogen-bond donors (Lipinski definition) is 3. The lowest BCUT2D eigenvalue weighted by Gasteiger charge is -2.11. The van der Waals surface area contributed by atoms with Gasteiger partial charge in [-0.1, -0.05) is 82.9 Å². The Hall–Kier alpha value is -2.14. The molecule has 10 heteroatoms. The quantitative estimate of drug-likeness (QED) is 0.274. The van der Waals surface area contributed by atoms with Crippen LogP contribution in [0.15, 0.2) is 63.3 Å². The molecule has 1 aromatic heterocycles. The molecule has 0 aliphatic rings. The van der Waals surface area contributed by atoms with Crippen molar-refractivity contribution in [3.05, 3.63) is 65.7 Å². The first-order chi connectivity index (χ1) is 14.1. The van der Waals surface area contributed by atoms with Gasteiger partial charge in [-0.3, -0.25) is 15.6 Å². The number of thiocarbonyl (C=S) groups is 1. The van der Waals surface area contributed by atoms with Gasteiger partial charge in [0, 0.05) is 11.4 Å². The van der Waals surface area contributed by atoms with E-state index < -0.39 is 0 Å². The topological polar surface area (TPSA) is 78.9 Å². The van der Waals surface area contributed by atoms with Gasteiger partial charge in [-0.25, -0.2) is 0 Å². The summed E-state index contributed by atoms with van der Waals surface area (Å²) >= 11 is 9.64. The van der Waals surface area contributed by atoms with Gasteiger partial charge in [0.1, 0.15) is 0 Å². The molecule has 0 atom stereocenters. The van der Waals surface area contributed by atoms with Crippen LogP contribution in [-0.4, -0.2) is 27.0 Å². The monoisotopic (exact) mass is 461 g/mol. The summed E-state index contributed by atoms with van der Waals surface area (Å²) in [7, 11) is 0. The number of nitrogens with zero attached hydrogens (tertiary/aromatic N) is 2. The number of carbonyl (C=O) groups is 1. The summed E-state index contributed by atoms with van der Waals surface area (Å²) in [6, 6.07) is 18.0. The second-order valence-electron chi connectivity index (χ2n) is 5.89. The zero-order chi connectivity index (χ0) is 20.5. The van der Waals surface area contributed by atoms with Crippen molar-refractivity contribution in [3.8, 4) is 0 Å². The first kappa shape index (κ1) is 21.6. The molecular formula is C19H19N5OS4. The number of anilines is 1. The van der Waals surface area contributed by atoms with E-state index in [0.29, 0.717) is 5.11 Å². The number of aryl methyl sites for hydroxylation is 1. The van der Waals surface area contributed by atoms with Gasteiger partial charge in [-0.15, -0.1) is 10.2 Å². The minimum atomic E-state index is -0.197. The van der Waals surface area contributed by atoms with Gasteiger partial charge < -0.3 is 5.32 Å². The van der Waals surface area contributed by atoms with Crippen LogP contribution < -0.4 is 16.2 Å². The van der Waals surface area contributed by atoms with Crippen molar-refractivity contribution in [2.75, 3.05) is 11.1 Å². The molecule has 0 radical (unpaired) electrons. The molecule has 3 aromatic rings. The highest BCUT2D eigenvalue weighted by Crippen LogP contribution is 2.30. The third-order valence-corrected chi connectivity index (χ3v) is 7.01. The molecular weight excluding hydrogens is 443 g/mol. The lowest BCUT2D eigenvalue weighted by molar-refractivity contribution is -0.119. The van der Waals surface area contributed by atoms with Crippen molar-refractivity contribution >= 4 is 63.8 Å². The normalized spacial score (nSPS) is 10.4. The molecule has 0 spiro atoms. The first-order valence-electron chi connectivity index (χ1n) is 8.64. The Morgan fingerprint density at radius 2 is 1.69 bits per heavy atom. The van der Waals surface area contributed by atoms with Crippen LogP contribution in [0.1, 0.15) is 11.1 Å². The number of carbonyl (C=O) groups excluding carboxylic acids is 1. The highest BCUT2D eigenvalue weighted by atomic mass is 32.2. The second-order valence-corrected chi connectivity index (χ2v) is 9.72. The molecule has 0 saturated carbocycles. The Labute approximate surface area is 187 Å². The molecule has 1 amide bonds. The minimum absolute atomic E-state index is 0.197. The second kappa shape index (κ2) is 11.1. The molecule has 0 aliphatic carbocycles. The highest BCUT2D eigenvalue weighted by Gasteiger charge is 2.09. The molecule has 2 aromatic carbocycles. The summed E-state index contributed by atoms with van der Waals surface area (Å²) in [4.78, 5) is 12.0. The fraction of sp³-hybridized carbons (Fsp3) is 0.158. The van der Waals surface area contributed by atoms with Gasteiger partial charge >= 0.3 is 0 Å². The summed E-state index contributed by atoms with van der Waals surface area (Å²) in [5.74, 6) is 0.866. The van der Waals surface area contributed by atoms with Crippen molar-refractivity contribution in [2.45, 2.75) is 21.4 Å². The Bertz CT molecular complexity index is 947. The molecule has 0 unspecified atom stereocenters. The van der Waals surface area contributed by atoms with Crippen molar-refractivity contribution in [1.29, 1.82) is 0 Å². The van der Waals surface area contributed by atoms with E-state index in [9.17, 15) is 4.79 Å². The number of thioether (sulfide) groups is 2. The van der Waals surface area contributed by atoms with Crippen LogP contribution in [0.3, 0.4) is 0 Å². The average molecular weight is 462 g/mol. The van der Waals surface area contributed by atoms with Gasteiger partial charge in [0.25, 0.3) is 0 Å². The Morgan fingerprint density at radius 1 is 1.00 bits per heavy atom. The molecule has 29 heavy (non-hydrogen) atoms. The van der Waals surface area contributed by atoms with Gasteiger partial charge in [0.05, 0.1) is 5.75 Å². The fourth-order valence-electron chi connectivity index (χ4n) is 2.12. The summed E-state index contributed by atoms with van der Waals surface area (Å²) in [6.07, 6.45) is 0. The predicted molar refractivity (Wildman–Crippen MR) is 125 cm³/mol. The third kappa shape index (κ3) is 7.65. The van der Waals surface area contributed by atoms with Gasteiger partial charge in [-0.05, 0) is 36.8 Å². The van der Waals surface area contributed by atoms with Crippen LogP contribution >= 0.6 is 47.1 Å². The summed E-state index contributed by atoms with van der Waals surface area (Å²) in [6.45, 7) is 2.02. The SMILES string of the molecule is Cc1ccc(NC(=S)NNC(=O)CSc2nnc(SCc3ccccc3)s2)cc1. The van der Waals surface area contributed by atoms with Gasteiger partial charge in [-0.2, -0.15) is 0 Å². The lowest BCUT2D eigenvalue weighted by Crippen LogP contribution is -2.44. The summed E-state index contributed by atoms with van der Waals surface area (Å²) < 4.78 is 1.65. The van der Waals surface area contributed by atoms with E-state index in [-0.39, 0.29) is 11.7 Å². The van der Waals surface area contributed by atoms with E-state index in [0.717, 1.165) is 25.7 Å². The number of rotatable bonds is 7. The Kier molecular flexibility index (Phi) is 8.29. The fourth-order valence-corrected chi connectivity index (χ4v) is 5.07. The van der Waals surface area contributed by atoms with E-state index >= 15 is 0 Å². The van der Waals surface area contributed by atoms with Gasteiger partial charge in [0.2, 0.25) is 5.91 Å². The van der Waals surface area contributed by atoms with Crippen molar-refractivity contribution in [2.24, 2.45) is 0 Å². The maximum Gasteiger partial charge on any atom is 0.248 e. The number of nitrogens with one attached hydrogen (secondary N) is 3. The van der Waals surface area contributed by atoms with Crippen LogP contribution in [0, 0.1) is 6.92 Å². The maximum atomic E-state index is 12.0. The molecule has 0 saturated heterocycles. The van der Waals surface area contributed by atoms with E-state index in [2.05, 4.69) is 38.5 Å².